The van der Waals surface area contributed by atoms with Gasteiger partial charge in [-0.3, -0.25) is 5.41 Å². The molecule has 0 saturated heterocycles. The molecule has 0 radical (unpaired) electrons. The van der Waals surface area contributed by atoms with E-state index in [4.69, 9.17) is 21.0 Å². The first-order chi connectivity index (χ1) is 12.0. The van der Waals surface area contributed by atoms with Crippen molar-refractivity contribution in [1.29, 1.82) is 5.41 Å². The second-order valence-corrected chi connectivity index (χ2v) is 5.99. The van der Waals surface area contributed by atoms with E-state index in [9.17, 15) is 0 Å². The molecule has 0 bridgehead atoms. The van der Waals surface area contributed by atoms with Gasteiger partial charge in [0.15, 0.2) is 0 Å². The molecule has 0 heterocycles. The Labute approximate surface area is 148 Å². The summed E-state index contributed by atoms with van der Waals surface area (Å²) in [6.45, 7) is 7.43. The number of allylic oxidation sites excluding steroid dienone is 2. The second kappa shape index (κ2) is 8.48. The van der Waals surface area contributed by atoms with Gasteiger partial charge in [-0.15, -0.1) is 0 Å². The van der Waals surface area contributed by atoms with Crippen molar-refractivity contribution in [3.05, 3.63) is 47.9 Å². The Bertz CT molecular complexity index is 703. The van der Waals surface area contributed by atoms with E-state index in [2.05, 4.69) is 30.7 Å². The summed E-state index contributed by atoms with van der Waals surface area (Å²) in [6, 6.07) is 8.41. The fourth-order valence-electron chi connectivity index (χ4n) is 2.66. The molecule has 0 saturated carbocycles. The van der Waals surface area contributed by atoms with Crippen LogP contribution in [0.25, 0.3) is 0 Å². The molecule has 1 aromatic carbocycles. The van der Waals surface area contributed by atoms with Gasteiger partial charge in [0.25, 0.3) is 0 Å². The van der Waals surface area contributed by atoms with E-state index >= 15 is 0 Å². The normalized spacial score (nSPS) is 16.0. The summed E-state index contributed by atoms with van der Waals surface area (Å²) in [5.74, 6) is 0.357. The third-order valence-electron chi connectivity index (χ3n) is 3.87. The molecule has 6 nitrogen and oxygen atoms in total. The van der Waals surface area contributed by atoms with E-state index < -0.39 is 0 Å². The molecule has 0 aliphatic heterocycles. The predicted octanol–water partition coefficient (Wildman–Crippen LogP) is 2.76. The SMILES string of the molecule is CCN(c1ccc(N=C2C=C(OCCO)C(=N)C=C2N)cc1)C(C)C. The highest BCUT2D eigenvalue weighted by molar-refractivity contribution is 6.22. The fraction of sp³-hybridized carbons (Fsp3) is 0.368. The van der Waals surface area contributed by atoms with Crippen LogP contribution in [0.1, 0.15) is 20.8 Å². The van der Waals surface area contributed by atoms with Crippen LogP contribution in [-0.4, -0.2) is 42.3 Å². The lowest BCUT2D eigenvalue weighted by molar-refractivity contribution is 0.156. The van der Waals surface area contributed by atoms with Gasteiger partial charge in [0.05, 0.1) is 29.4 Å². The van der Waals surface area contributed by atoms with Gasteiger partial charge >= 0.3 is 0 Å². The van der Waals surface area contributed by atoms with E-state index in [-0.39, 0.29) is 18.9 Å². The van der Waals surface area contributed by atoms with Crippen LogP contribution in [0, 0.1) is 5.41 Å². The zero-order chi connectivity index (χ0) is 18.4. The quantitative estimate of drug-likeness (QED) is 0.664. The van der Waals surface area contributed by atoms with E-state index in [1.54, 1.807) is 6.08 Å². The minimum atomic E-state index is -0.110. The van der Waals surface area contributed by atoms with Crippen molar-refractivity contribution in [2.45, 2.75) is 26.8 Å². The van der Waals surface area contributed by atoms with Gasteiger partial charge in [0.1, 0.15) is 12.4 Å². The molecule has 1 aromatic rings. The largest absolute Gasteiger partial charge is 0.489 e. The Morgan fingerprint density at radius 1 is 1.24 bits per heavy atom. The van der Waals surface area contributed by atoms with Crippen molar-refractivity contribution in [3.8, 4) is 0 Å². The van der Waals surface area contributed by atoms with Gasteiger partial charge in [-0.25, -0.2) is 4.99 Å². The lowest BCUT2D eigenvalue weighted by Gasteiger charge is -2.27. The number of ether oxygens (including phenoxy) is 1. The maximum atomic E-state index is 8.87. The zero-order valence-electron chi connectivity index (χ0n) is 15.0. The maximum Gasteiger partial charge on any atom is 0.146 e. The number of nitrogens with one attached hydrogen (secondary N) is 1. The first kappa shape index (κ1) is 18.7. The highest BCUT2D eigenvalue weighted by Gasteiger charge is 2.15. The predicted molar refractivity (Wildman–Crippen MR) is 103 cm³/mol. The first-order valence-corrected chi connectivity index (χ1v) is 8.43. The number of aliphatic hydroxyl groups is 1. The molecule has 2 rings (SSSR count). The van der Waals surface area contributed by atoms with E-state index in [0.717, 1.165) is 17.9 Å². The molecule has 6 heteroatoms. The van der Waals surface area contributed by atoms with Crippen molar-refractivity contribution in [2.75, 3.05) is 24.7 Å². The standard InChI is InChI=1S/C19H26N4O2/c1-4-23(13(2)3)15-7-5-14(6-8-15)22-18-12-19(25-10-9-24)17(21)11-16(18)20/h5-8,11-13,21,24H,4,9-10,20H2,1-3H3. The Kier molecular flexibility index (Phi) is 6.36. The summed E-state index contributed by atoms with van der Waals surface area (Å²) >= 11 is 0. The van der Waals surface area contributed by atoms with Gasteiger partial charge in [-0.05, 0) is 51.1 Å². The fourth-order valence-corrected chi connectivity index (χ4v) is 2.66. The number of aliphatic imine (C=N–C) groups is 1. The van der Waals surface area contributed by atoms with Crippen LogP contribution in [0.3, 0.4) is 0 Å². The van der Waals surface area contributed by atoms with Crippen LogP contribution in [0.2, 0.25) is 0 Å². The number of nitrogens with two attached hydrogens (primary N) is 1. The molecule has 0 amide bonds. The first-order valence-electron chi connectivity index (χ1n) is 8.43. The second-order valence-electron chi connectivity index (χ2n) is 5.99. The van der Waals surface area contributed by atoms with Gasteiger partial charge < -0.3 is 20.5 Å². The summed E-state index contributed by atoms with van der Waals surface area (Å²) in [5, 5.41) is 16.7. The van der Waals surface area contributed by atoms with E-state index in [1.165, 1.54) is 6.08 Å². The number of benzene rings is 1. The van der Waals surface area contributed by atoms with Gasteiger partial charge in [-0.2, -0.15) is 0 Å². The smallest absolute Gasteiger partial charge is 0.146 e. The molecule has 1 aliphatic rings. The Morgan fingerprint density at radius 2 is 1.92 bits per heavy atom. The molecule has 25 heavy (non-hydrogen) atoms. The lowest BCUT2D eigenvalue weighted by atomic mass is 10.1. The van der Waals surface area contributed by atoms with E-state index in [1.807, 2.05) is 24.3 Å². The van der Waals surface area contributed by atoms with Crippen LogP contribution in [0.15, 0.2) is 52.9 Å². The zero-order valence-corrected chi connectivity index (χ0v) is 15.0. The summed E-state index contributed by atoms with van der Waals surface area (Å²) in [6.07, 6.45) is 3.14. The number of hydrogen-bond acceptors (Lipinski definition) is 6. The molecule has 4 N–H and O–H groups in total. The monoisotopic (exact) mass is 342 g/mol. The van der Waals surface area contributed by atoms with Crippen LogP contribution in [0.5, 0.6) is 0 Å². The molecular formula is C19H26N4O2. The average molecular weight is 342 g/mol. The van der Waals surface area contributed by atoms with Gasteiger partial charge in [-0.1, -0.05) is 0 Å². The third-order valence-corrected chi connectivity index (χ3v) is 3.87. The number of rotatable bonds is 7. The van der Waals surface area contributed by atoms with Crippen molar-refractivity contribution in [1.82, 2.24) is 0 Å². The third kappa shape index (κ3) is 4.70. The Balaban J connectivity index is 2.24. The summed E-state index contributed by atoms with van der Waals surface area (Å²) in [5.41, 5.74) is 9.05. The van der Waals surface area contributed by atoms with Crippen LogP contribution in [-0.2, 0) is 4.74 Å². The summed E-state index contributed by atoms with van der Waals surface area (Å²) in [7, 11) is 0. The van der Waals surface area contributed by atoms with Crippen molar-refractivity contribution >= 4 is 22.8 Å². The molecule has 0 fully saturated rings. The van der Waals surface area contributed by atoms with E-state index in [0.29, 0.717) is 23.2 Å². The van der Waals surface area contributed by atoms with Crippen molar-refractivity contribution in [3.63, 3.8) is 0 Å². The molecule has 0 spiro atoms. The number of nitrogens with zero attached hydrogens (tertiary/aromatic N) is 2. The highest BCUT2D eigenvalue weighted by atomic mass is 16.5. The molecule has 0 aromatic heterocycles. The van der Waals surface area contributed by atoms with Gasteiger partial charge in [0, 0.05) is 24.4 Å². The lowest BCUT2D eigenvalue weighted by Crippen LogP contribution is -2.30. The van der Waals surface area contributed by atoms with Crippen LogP contribution < -0.4 is 10.6 Å². The molecule has 1 aliphatic carbocycles. The Morgan fingerprint density at radius 3 is 2.48 bits per heavy atom. The highest BCUT2D eigenvalue weighted by Crippen LogP contribution is 2.23. The van der Waals surface area contributed by atoms with Crippen LogP contribution in [0.4, 0.5) is 11.4 Å². The number of hydrogen-bond donors (Lipinski definition) is 3. The van der Waals surface area contributed by atoms with Crippen molar-refractivity contribution < 1.29 is 9.84 Å². The summed E-state index contributed by atoms with van der Waals surface area (Å²) in [4.78, 5) is 6.85. The molecule has 0 unspecified atom stereocenters. The van der Waals surface area contributed by atoms with Gasteiger partial charge in [0.2, 0.25) is 0 Å². The number of aliphatic hydroxyl groups excluding tert-OH is 1. The number of anilines is 1. The minimum absolute atomic E-state index is 0.110. The van der Waals surface area contributed by atoms with Crippen LogP contribution >= 0.6 is 0 Å². The average Bonchev–Trinajstić information content (AvgIpc) is 2.58. The minimum Gasteiger partial charge on any atom is -0.489 e. The molecule has 134 valence electrons. The Hall–Kier alpha value is -2.60. The topological polar surface area (TPSA) is 94.9 Å². The molecular weight excluding hydrogens is 316 g/mol. The molecule has 0 atom stereocenters. The maximum absolute atomic E-state index is 8.87. The summed E-state index contributed by atoms with van der Waals surface area (Å²) < 4.78 is 5.35. The van der Waals surface area contributed by atoms with Crippen molar-refractivity contribution in [2.24, 2.45) is 10.7 Å².